The molecule has 0 aliphatic carbocycles. The first-order valence-corrected chi connectivity index (χ1v) is 9.03. The second-order valence-corrected chi connectivity index (χ2v) is 6.50. The topological polar surface area (TPSA) is 80.6 Å². The van der Waals surface area contributed by atoms with Gasteiger partial charge in [-0.25, -0.2) is 4.39 Å². The quantitative estimate of drug-likeness (QED) is 0.633. The molecule has 0 unspecified atom stereocenters. The number of hydrogen-bond acceptors (Lipinski definition) is 4. The summed E-state index contributed by atoms with van der Waals surface area (Å²) in [6, 6.07) is 14.5. The number of anilines is 1. The molecule has 0 aliphatic heterocycles. The summed E-state index contributed by atoms with van der Waals surface area (Å²) in [6.07, 6.45) is 0. The third kappa shape index (κ3) is 5.68. The number of hydrogen-bond donors (Lipinski definition) is 2. The van der Waals surface area contributed by atoms with Gasteiger partial charge in [0.15, 0.2) is 0 Å². The molecule has 1 heterocycles. The van der Waals surface area contributed by atoms with E-state index in [9.17, 15) is 14.0 Å². The van der Waals surface area contributed by atoms with Crippen LogP contribution >= 0.6 is 0 Å². The predicted molar refractivity (Wildman–Crippen MR) is 106 cm³/mol. The van der Waals surface area contributed by atoms with Gasteiger partial charge in [-0.05, 0) is 49.7 Å². The van der Waals surface area contributed by atoms with Crippen molar-refractivity contribution in [2.75, 3.05) is 11.9 Å². The molecule has 6 nitrogen and oxygen atoms in total. The van der Waals surface area contributed by atoms with Gasteiger partial charge in [0.05, 0.1) is 12.1 Å². The largest absolute Gasteiger partial charge is 0.489 e. The van der Waals surface area contributed by atoms with Crippen molar-refractivity contribution in [1.82, 2.24) is 5.32 Å². The van der Waals surface area contributed by atoms with Crippen LogP contribution in [0.2, 0.25) is 0 Å². The Morgan fingerprint density at radius 2 is 1.83 bits per heavy atom. The Kier molecular flexibility index (Phi) is 6.29. The lowest BCUT2D eigenvalue weighted by molar-refractivity contribution is -0.115. The average molecular weight is 396 g/mol. The second-order valence-electron chi connectivity index (χ2n) is 6.50. The van der Waals surface area contributed by atoms with Crippen molar-refractivity contribution in [3.05, 3.63) is 83.1 Å². The van der Waals surface area contributed by atoms with Crippen molar-refractivity contribution in [1.29, 1.82) is 0 Å². The summed E-state index contributed by atoms with van der Waals surface area (Å²) in [4.78, 5) is 24.3. The maximum Gasteiger partial charge on any atom is 0.255 e. The molecule has 1 aromatic heterocycles. The first kappa shape index (κ1) is 20.1. The number of nitrogens with one attached hydrogen (secondary N) is 2. The van der Waals surface area contributed by atoms with E-state index in [1.807, 2.05) is 0 Å². The van der Waals surface area contributed by atoms with Gasteiger partial charge in [-0.1, -0.05) is 18.2 Å². The van der Waals surface area contributed by atoms with Crippen LogP contribution in [0.3, 0.4) is 0 Å². The molecule has 150 valence electrons. The van der Waals surface area contributed by atoms with Gasteiger partial charge < -0.3 is 19.8 Å². The molecule has 0 bridgehead atoms. The van der Waals surface area contributed by atoms with Crippen LogP contribution in [0.15, 0.2) is 59.0 Å². The number of ether oxygens (including phenoxy) is 1. The fourth-order valence-electron chi connectivity index (χ4n) is 2.73. The summed E-state index contributed by atoms with van der Waals surface area (Å²) in [7, 11) is 0. The lowest BCUT2D eigenvalue weighted by Crippen LogP contribution is -2.32. The lowest BCUT2D eigenvalue weighted by atomic mass is 10.2. The number of carbonyl (C=O) groups excluding carboxylic acids is 2. The molecule has 0 aliphatic rings. The Morgan fingerprint density at radius 3 is 2.52 bits per heavy atom. The molecular weight excluding hydrogens is 375 g/mol. The first-order valence-electron chi connectivity index (χ1n) is 9.03. The molecule has 2 N–H and O–H groups in total. The van der Waals surface area contributed by atoms with E-state index in [-0.39, 0.29) is 30.8 Å². The number of rotatable bonds is 7. The lowest BCUT2D eigenvalue weighted by Gasteiger charge is -2.10. The van der Waals surface area contributed by atoms with Crippen molar-refractivity contribution in [2.24, 2.45) is 0 Å². The number of amides is 2. The molecule has 2 amide bonds. The Labute approximate surface area is 167 Å². The molecule has 29 heavy (non-hydrogen) atoms. The average Bonchev–Trinajstić information content (AvgIpc) is 3.04. The van der Waals surface area contributed by atoms with Crippen molar-refractivity contribution >= 4 is 17.5 Å². The first-order chi connectivity index (χ1) is 13.9. The van der Waals surface area contributed by atoms with Gasteiger partial charge in [-0.15, -0.1) is 0 Å². The molecule has 0 atom stereocenters. The third-order valence-corrected chi connectivity index (χ3v) is 4.13. The number of aryl methyl sites for hydroxylation is 2. The van der Waals surface area contributed by atoms with Gasteiger partial charge in [-0.2, -0.15) is 0 Å². The maximum atomic E-state index is 12.9. The van der Waals surface area contributed by atoms with Gasteiger partial charge in [0.1, 0.15) is 29.7 Å². The van der Waals surface area contributed by atoms with E-state index >= 15 is 0 Å². The third-order valence-electron chi connectivity index (χ3n) is 4.13. The van der Waals surface area contributed by atoms with Gasteiger partial charge in [0.25, 0.3) is 5.91 Å². The van der Waals surface area contributed by atoms with E-state index in [0.717, 1.165) is 5.56 Å². The summed E-state index contributed by atoms with van der Waals surface area (Å²) in [5, 5.41) is 5.27. The molecule has 0 fully saturated rings. The van der Waals surface area contributed by atoms with E-state index in [1.54, 1.807) is 56.3 Å². The molecular formula is C22H21FN2O4. The van der Waals surface area contributed by atoms with Gasteiger partial charge >= 0.3 is 0 Å². The fourth-order valence-corrected chi connectivity index (χ4v) is 2.73. The maximum absolute atomic E-state index is 12.9. The van der Waals surface area contributed by atoms with Gasteiger partial charge in [0, 0.05) is 11.8 Å². The smallest absolute Gasteiger partial charge is 0.255 e. The van der Waals surface area contributed by atoms with Crippen LogP contribution in [-0.2, 0) is 11.4 Å². The highest BCUT2D eigenvalue weighted by Crippen LogP contribution is 2.19. The summed E-state index contributed by atoms with van der Waals surface area (Å²) >= 11 is 0. The Hall–Kier alpha value is -3.61. The minimum absolute atomic E-state index is 0.177. The molecule has 2 aromatic carbocycles. The summed E-state index contributed by atoms with van der Waals surface area (Å²) in [6.45, 7) is 3.54. The highest BCUT2D eigenvalue weighted by atomic mass is 19.1. The van der Waals surface area contributed by atoms with E-state index in [4.69, 9.17) is 9.15 Å². The van der Waals surface area contributed by atoms with E-state index in [0.29, 0.717) is 28.5 Å². The zero-order valence-electron chi connectivity index (χ0n) is 16.1. The Bertz CT molecular complexity index is 1010. The second kappa shape index (κ2) is 9.05. The van der Waals surface area contributed by atoms with Crippen LogP contribution in [0.1, 0.15) is 27.4 Å². The summed E-state index contributed by atoms with van der Waals surface area (Å²) < 4.78 is 23.9. The van der Waals surface area contributed by atoms with Crippen molar-refractivity contribution in [3.63, 3.8) is 0 Å². The Balaban J connectivity index is 1.51. The van der Waals surface area contributed by atoms with Gasteiger partial charge in [0.2, 0.25) is 5.91 Å². The van der Waals surface area contributed by atoms with E-state index in [2.05, 4.69) is 10.6 Å². The molecule has 0 saturated carbocycles. The number of halogens is 1. The fraction of sp³-hybridized carbons (Fsp3) is 0.182. The van der Waals surface area contributed by atoms with E-state index in [1.165, 1.54) is 12.1 Å². The predicted octanol–water partition coefficient (Wildman–Crippen LogP) is 3.98. The molecule has 0 saturated heterocycles. The summed E-state index contributed by atoms with van der Waals surface area (Å²) in [5.41, 5.74) is 1.77. The number of furan rings is 1. The molecule has 7 heteroatoms. The Morgan fingerprint density at radius 1 is 1.07 bits per heavy atom. The normalized spacial score (nSPS) is 10.4. The SMILES string of the molecule is Cc1cc(C(=O)NCC(=O)Nc2cccc(OCc3ccc(F)cc3)c2)c(C)o1. The van der Waals surface area contributed by atoms with Crippen LogP contribution in [0.5, 0.6) is 5.75 Å². The van der Waals surface area contributed by atoms with Crippen LogP contribution in [0, 0.1) is 19.7 Å². The van der Waals surface area contributed by atoms with Crippen molar-refractivity contribution < 1.29 is 23.1 Å². The molecule has 0 radical (unpaired) electrons. The zero-order chi connectivity index (χ0) is 20.8. The van der Waals surface area contributed by atoms with Crippen LogP contribution in [-0.4, -0.2) is 18.4 Å². The molecule has 3 rings (SSSR count). The number of carbonyl (C=O) groups is 2. The van der Waals surface area contributed by atoms with Crippen LogP contribution in [0.4, 0.5) is 10.1 Å². The standard InChI is InChI=1S/C22H21FN2O4/c1-14-10-20(15(2)29-14)22(27)24-12-21(26)25-18-4-3-5-19(11-18)28-13-16-6-8-17(23)9-7-16/h3-11H,12-13H2,1-2H3,(H,24,27)(H,25,26). The van der Waals surface area contributed by atoms with Gasteiger partial charge in [-0.3, -0.25) is 9.59 Å². The van der Waals surface area contributed by atoms with Crippen LogP contribution < -0.4 is 15.4 Å². The minimum Gasteiger partial charge on any atom is -0.489 e. The van der Waals surface area contributed by atoms with E-state index < -0.39 is 0 Å². The minimum atomic E-state index is -0.370. The molecule has 0 spiro atoms. The monoisotopic (exact) mass is 396 g/mol. The molecule has 3 aromatic rings. The summed E-state index contributed by atoms with van der Waals surface area (Å²) in [5.74, 6) is 0.656. The number of benzene rings is 2. The van der Waals surface area contributed by atoms with Crippen LogP contribution in [0.25, 0.3) is 0 Å². The highest BCUT2D eigenvalue weighted by molar-refractivity contribution is 5.99. The highest BCUT2D eigenvalue weighted by Gasteiger charge is 2.14. The zero-order valence-corrected chi connectivity index (χ0v) is 16.1. The van der Waals surface area contributed by atoms with Crippen molar-refractivity contribution in [3.8, 4) is 5.75 Å². The van der Waals surface area contributed by atoms with Crippen molar-refractivity contribution in [2.45, 2.75) is 20.5 Å².